The van der Waals surface area contributed by atoms with Crippen LogP contribution in [0.3, 0.4) is 0 Å². The minimum Gasteiger partial charge on any atom is -0.872 e. The van der Waals surface area contributed by atoms with E-state index in [4.69, 9.17) is 4.74 Å². The monoisotopic (exact) mass is 417 g/mol. The maximum Gasteiger partial charge on any atom is 0.340 e. The van der Waals surface area contributed by atoms with E-state index in [0.717, 1.165) is 25.5 Å². The van der Waals surface area contributed by atoms with Gasteiger partial charge in [0.05, 0.1) is 12.7 Å². The Labute approximate surface area is 181 Å². The van der Waals surface area contributed by atoms with Crippen molar-refractivity contribution >= 4 is 11.8 Å². The van der Waals surface area contributed by atoms with Crippen molar-refractivity contribution in [1.29, 1.82) is 0 Å². The van der Waals surface area contributed by atoms with E-state index in [-0.39, 0.29) is 10.8 Å². The van der Waals surface area contributed by atoms with Crippen LogP contribution in [0.1, 0.15) is 85.8 Å². The molecule has 1 aromatic carbocycles. The highest BCUT2D eigenvalue weighted by Crippen LogP contribution is 2.39. The molecule has 0 spiro atoms. The van der Waals surface area contributed by atoms with Gasteiger partial charge in [-0.25, -0.2) is 4.79 Å². The standard InChI is InChI=1S/C25H38O5/c1-10-19(22(27)21(16(4)26)23(28)29-9)30-20-14-13-17(24(5,6)11-2)15-18(20)25(7,8)12-3/h13-15,19,27H,10-12H2,1-9H3/p-1/b22-21+. The van der Waals surface area contributed by atoms with Crippen LogP contribution in [-0.2, 0) is 25.2 Å². The third-order valence-electron chi connectivity index (χ3n) is 6.18. The summed E-state index contributed by atoms with van der Waals surface area (Å²) < 4.78 is 10.8. The van der Waals surface area contributed by atoms with Crippen molar-refractivity contribution in [2.75, 3.05) is 7.11 Å². The van der Waals surface area contributed by atoms with Crippen molar-refractivity contribution < 1.29 is 24.2 Å². The minimum atomic E-state index is -0.945. The van der Waals surface area contributed by atoms with E-state index >= 15 is 0 Å². The number of hydrogen-bond donors (Lipinski definition) is 0. The number of carbonyl (C=O) groups is 2. The molecule has 0 bridgehead atoms. The summed E-state index contributed by atoms with van der Waals surface area (Å²) in [4.78, 5) is 23.9. The summed E-state index contributed by atoms with van der Waals surface area (Å²) in [7, 11) is 1.15. The largest absolute Gasteiger partial charge is 0.872 e. The lowest BCUT2D eigenvalue weighted by molar-refractivity contribution is -0.319. The van der Waals surface area contributed by atoms with Crippen LogP contribution in [-0.4, -0.2) is 25.0 Å². The Balaban J connectivity index is 3.56. The molecule has 0 saturated heterocycles. The fourth-order valence-electron chi connectivity index (χ4n) is 3.13. The third-order valence-corrected chi connectivity index (χ3v) is 6.18. The van der Waals surface area contributed by atoms with Crippen LogP contribution < -0.4 is 9.84 Å². The van der Waals surface area contributed by atoms with Gasteiger partial charge in [0.15, 0.2) is 5.78 Å². The second-order valence-electron chi connectivity index (χ2n) is 8.99. The highest BCUT2D eigenvalue weighted by Gasteiger charge is 2.28. The molecule has 0 amide bonds. The lowest BCUT2D eigenvalue weighted by atomic mass is 9.76. The van der Waals surface area contributed by atoms with Gasteiger partial charge in [-0.2, -0.15) is 0 Å². The van der Waals surface area contributed by atoms with Crippen LogP contribution in [0.15, 0.2) is 29.5 Å². The average Bonchev–Trinajstić information content (AvgIpc) is 2.71. The normalized spacial score (nSPS) is 14.0. The summed E-state index contributed by atoms with van der Waals surface area (Å²) in [5.74, 6) is -1.59. The molecule has 1 rings (SSSR count). The molecule has 5 heteroatoms. The number of esters is 1. The second-order valence-corrected chi connectivity index (χ2v) is 8.99. The third kappa shape index (κ3) is 5.65. The Hall–Kier alpha value is -2.30. The van der Waals surface area contributed by atoms with E-state index in [0.29, 0.717) is 12.2 Å². The molecular weight excluding hydrogens is 380 g/mol. The van der Waals surface area contributed by atoms with Gasteiger partial charge in [0.25, 0.3) is 0 Å². The number of rotatable bonds is 10. The zero-order valence-corrected chi connectivity index (χ0v) is 20.0. The van der Waals surface area contributed by atoms with E-state index in [2.05, 4.69) is 52.3 Å². The first-order valence-corrected chi connectivity index (χ1v) is 10.7. The Kier molecular flexibility index (Phi) is 8.70. The Bertz CT molecular complexity index is 802. The van der Waals surface area contributed by atoms with Crippen LogP contribution >= 0.6 is 0 Å². The number of carbonyl (C=O) groups excluding carboxylic acids is 2. The Morgan fingerprint density at radius 1 is 1.03 bits per heavy atom. The number of ketones is 1. The van der Waals surface area contributed by atoms with E-state index in [1.165, 1.54) is 12.5 Å². The van der Waals surface area contributed by atoms with E-state index in [1.54, 1.807) is 6.92 Å². The van der Waals surface area contributed by atoms with Crippen molar-refractivity contribution in [3.63, 3.8) is 0 Å². The van der Waals surface area contributed by atoms with Gasteiger partial charge in [0.1, 0.15) is 11.9 Å². The zero-order chi connectivity index (χ0) is 23.3. The van der Waals surface area contributed by atoms with Crippen molar-refractivity contribution in [2.24, 2.45) is 0 Å². The number of methoxy groups -OCH3 is 1. The van der Waals surface area contributed by atoms with Crippen molar-refractivity contribution in [3.05, 3.63) is 40.7 Å². The van der Waals surface area contributed by atoms with Gasteiger partial charge < -0.3 is 14.6 Å². The molecule has 168 valence electrons. The summed E-state index contributed by atoms with van der Waals surface area (Å²) >= 11 is 0. The molecule has 1 unspecified atom stereocenters. The molecule has 0 aliphatic heterocycles. The Morgan fingerprint density at radius 3 is 2.03 bits per heavy atom. The summed E-state index contributed by atoms with van der Waals surface area (Å²) in [6.45, 7) is 15.9. The topological polar surface area (TPSA) is 75.7 Å². The average molecular weight is 418 g/mol. The van der Waals surface area contributed by atoms with Crippen molar-refractivity contribution in [2.45, 2.75) is 91.6 Å². The summed E-state index contributed by atoms with van der Waals surface area (Å²) in [6.07, 6.45) is 1.25. The van der Waals surface area contributed by atoms with Crippen LogP contribution in [0.25, 0.3) is 0 Å². The molecule has 1 atom stereocenters. The van der Waals surface area contributed by atoms with Gasteiger partial charge in [0, 0.05) is 5.56 Å². The smallest absolute Gasteiger partial charge is 0.340 e. The van der Waals surface area contributed by atoms with Crippen LogP contribution in [0.4, 0.5) is 0 Å². The highest BCUT2D eigenvalue weighted by molar-refractivity contribution is 6.16. The van der Waals surface area contributed by atoms with Crippen molar-refractivity contribution in [1.82, 2.24) is 0 Å². The van der Waals surface area contributed by atoms with Crippen LogP contribution in [0.2, 0.25) is 0 Å². The molecule has 0 fully saturated rings. The van der Waals surface area contributed by atoms with E-state index in [9.17, 15) is 14.7 Å². The number of benzene rings is 1. The molecule has 5 nitrogen and oxygen atoms in total. The molecule has 0 aromatic heterocycles. The molecule has 0 radical (unpaired) electrons. The number of hydrogen-bond acceptors (Lipinski definition) is 5. The van der Waals surface area contributed by atoms with Crippen LogP contribution in [0, 0.1) is 0 Å². The summed E-state index contributed by atoms with van der Waals surface area (Å²) in [6, 6.07) is 6.09. The zero-order valence-electron chi connectivity index (χ0n) is 20.0. The molecule has 0 aliphatic rings. The highest BCUT2D eigenvalue weighted by atomic mass is 16.5. The first-order valence-electron chi connectivity index (χ1n) is 10.7. The lowest BCUT2D eigenvalue weighted by Gasteiger charge is -2.33. The van der Waals surface area contributed by atoms with Crippen LogP contribution in [0.5, 0.6) is 5.75 Å². The summed E-state index contributed by atoms with van der Waals surface area (Å²) in [5, 5.41) is 12.9. The lowest BCUT2D eigenvalue weighted by Crippen LogP contribution is -2.33. The molecule has 0 heterocycles. The number of ether oxygens (including phenoxy) is 2. The Morgan fingerprint density at radius 2 is 1.60 bits per heavy atom. The van der Waals surface area contributed by atoms with Gasteiger partial charge in [-0.05, 0) is 48.6 Å². The molecule has 1 aromatic rings. The van der Waals surface area contributed by atoms with E-state index in [1.807, 2.05) is 12.1 Å². The van der Waals surface area contributed by atoms with Gasteiger partial charge in [0.2, 0.25) is 0 Å². The minimum absolute atomic E-state index is 0.0114. The van der Waals surface area contributed by atoms with Crippen molar-refractivity contribution in [3.8, 4) is 5.75 Å². The van der Waals surface area contributed by atoms with Gasteiger partial charge in [-0.15, -0.1) is 0 Å². The molecular formula is C25H37O5-. The van der Waals surface area contributed by atoms with E-state index < -0.39 is 29.2 Å². The quantitative estimate of drug-likeness (QED) is 0.183. The second kappa shape index (κ2) is 10.1. The fourth-order valence-corrected chi connectivity index (χ4v) is 3.13. The maximum absolute atomic E-state index is 12.9. The molecule has 30 heavy (non-hydrogen) atoms. The molecule has 0 aliphatic carbocycles. The predicted molar refractivity (Wildman–Crippen MR) is 118 cm³/mol. The van der Waals surface area contributed by atoms with Gasteiger partial charge in [-0.1, -0.05) is 66.4 Å². The van der Waals surface area contributed by atoms with Gasteiger partial charge in [-0.3, -0.25) is 4.79 Å². The predicted octanol–water partition coefficient (Wildman–Crippen LogP) is 4.60. The maximum atomic E-state index is 12.9. The fraction of sp³-hybridized carbons (Fsp3) is 0.600. The van der Waals surface area contributed by atoms with Gasteiger partial charge >= 0.3 is 5.97 Å². The summed E-state index contributed by atoms with van der Waals surface area (Å²) in [5.41, 5.74) is 1.57. The first kappa shape index (κ1) is 25.7. The molecule has 0 saturated carbocycles. The SMILES string of the molecule is CCC(Oc1ccc(C(C)(C)CC)cc1C(C)(C)CC)/C([O-])=C(/C(C)=O)C(=O)OC. The first-order chi connectivity index (χ1) is 13.9. The molecule has 0 N–H and O–H groups in total. The number of Topliss-reactive ketones (excluding diaryl/α,β-unsaturated/α-hetero) is 1.